The Morgan fingerprint density at radius 3 is 2.82 bits per heavy atom. The summed E-state index contributed by atoms with van der Waals surface area (Å²) in [5, 5.41) is 11.4. The molecule has 0 fully saturated rings. The second kappa shape index (κ2) is 5.17. The van der Waals surface area contributed by atoms with Gasteiger partial charge in [0.15, 0.2) is 5.78 Å². The predicted octanol–water partition coefficient (Wildman–Crippen LogP) is 4.00. The summed E-state index contributed by atoms with van der Waals surface area (Å²) in [4.78, 5) is 12.4. The second-order valence-corrected chi connectivity index (χ2v) is 4.74. The third-order valence-corrected chi connectivity index (χ3v) is 3.35. The monoisotopic (exact) mass is 264 g/mol. The number of hydrogen-bond donors (Lipinski definition) is 1. The van der Waals surface area contributed by atoms with Gasteiger partial charge in [0.2, 0.25) is 0 Å². The number of thiophene rings is 1. The SMILES string of the molecule is O=C(/C=C/c1ccc(O)c(Cl)c1)c1cccs1. The van der Waals surface area contributed by atoms with Gasteiger partial charge in [-0.05, 0) is 35.2 Å². The number of phenolic OH excluding ortho intramolecular Hbond substituents is 1. The number of carbonyl (C=O) groups is 1. The summed E-state index contributed by atoms with van der Waals surface area (Å²) in [7, 11) is 0. The first-order chi connectivity index (χ1) is 8.16. The summed E-state index contributed by atoms with van der Waals surface area (Å²) in [6.07, 6.45) is 3.17. The summed E-state index contributed by atoms with van der Waals surface area (Å²) >= 11 is 7.17. The van der Waals surface area contributed by atoms with Crippen LogP contribution in [0.1, 0.15) is 15.2 Å². The molecule has 0 aliphatic carbocycles. The molecule has 1 heterocycles. The molecule has 0 atom stereocenters. The molecule has 1 N–H and O–H groups in total. The lowest BCUT2D eigenvalue weighted by Crippen LogP contribution is -1.88. The van der Waals surface area contributed by atoms with Crippen LogP contribution in [0.15, 0.2) is 41.8 Å². The number of allylic oxidation sites excluding steroid dienone is 1. The van der Waals surface area contributed by atoms with Crippen molar-refractivity contribution in [2.24, 2.45) is 0 Å². The Morgan fingerprint density at radius 1 is 1.35 bits per heavy atom. The van der Waals surface area contributed by atoms with E-state index in [1.165, 1.54) is 23.5 Å². The van der Waals surface area contributed by atoms with Gasteiger partial charge in [0.05, 0.1) is 9.90 Å². The molecule has 0 aliphatic rings. The number of benzene rings is 1. The van der Waals surface area contributed by atoms with Gasteiger partial charge in [-0.1, -0.05) is 29.8 Å². The molecule has 4 heteroatoms. The molecule has 86 valence electrons. The highest BCUT2D eigenvalue weighted by molar-refractivity contribution is 7.12. The van der Waals surface area contributed by atoms with Crippen LogP contribution in [-0.2, 0) is 0 Å². The molecular formula is C13H9ClO2S. The van der Waals surface area contributed by atoms with E-state index in [1.807, 2.05) is 11.4 Å². The number of carbonyl (C=O) groups excluding carboxylic acids is 1. The van der Waals surface area contributed by atoms with Gasteiger partial charge in [-0.3, -0.25) is 4.79 Å². The van der Waals surface area contributed by atoms with Crippen LogP contribution in [0.5, 0.6) is 5.75 Å². The summed E-state index contributed by atoms with van der Waals surface area (Å²) in [6, 6.07) is 8.41. The number of hydrogen-bond acceptors (Lipinski definition) is 3. The first-order valence-corrected chi connectivity index (χ1v) is 6.17. The molecule has 0 unspecified atom stereocenters. The van der Waals surface area contributed by atoms with Gasteiger partial charge >= 0.3 is 0 Å². The fourth-order valence-corrected chi connectivity index (χ4v) is 2.13. The van der Waals surface area contributed by atoms with Crippen molar-refractivity contribution in [3.8, 4) is 5.75 Å². The van der Waals surface area contributed by atoms with Crippen LogP contribution in [0.2, 0.25) is 5.02 Å². The Balaban J connectivity index is 2.15. The van der Waals surface area contributed by atoms with Crippen molar-refractivity contribution in [2.75, 3.05) is 0 Å². The zero-order valence-electron chi connectivity index (χ0n) is 8.76. The molecular weight excluding hydrogens is 256 g/mol. The highest BCUT2D eigenvalue weighted by Gasteiger charge is 2.02. The molecule has 0 bridgehead atoms. The predicted molar refractivity (Wildman–Crippen MR) is 70.8 cm³/mol. The fourth-order valence-electron chi connectivity index (χ4n) is 1.30. The van der Waals surface area contributed by atoms with Gasteiger partial charge in [0.25, 0.3) is 0 Å². The third kappa shape index (κ3) is 2.96. The van der Waals surface area contributed by atoms with Crippen LogP contribution in [0, 0.1) is 0 Å². The van der Waals surface area contributed by atoms with Crippen molar-refractivity contribution < 1.29 is 9.90 Å². The summed E-state index contributed by atoms with van der Waals surface area (Å²) < 4.78 is 0. The lowest BCUT2D eigenvalue weighted by atomic mass is 10.2. The first kappa shape index (κ1) is 11.9. The molecule has 0 saturated heterocycles. The van der Waals surface area contributed by atoms with Gasteiger partial charge < -0.3 is 5.11 Å². The van der Waals surface area contributed by atoms with E-state index in [9.17, 15) is 9.90 Å². The highest BCUT2D eigenvalue weighted by atomic mass is 35.5. The van der Waals surface area contributed by atoms with Crippen LogP contribution >= 0.6 is 22.9 Å². The molecule has 0 saturated carbocycles. The van der Waals surface area contributed by atoms with Crippen molar-refractivity contribution in [3.63, 3.8) is 0 Å². The average Bonchev–Trinajstić information content (AvgIpc) is 2.84. The van der Waals surface area contributed by atoms with E-state index in [1.54, 1.807) is 24.3 Å². The quantitative estimate of drug-likeness (QED) is 0.672. The van der Waals surface area contributed by atoms with Crippen molar-refractivity contribution in [1.82, 2.24) is 0 Å². The van der Waals surface area contributed by atoms with Crippen LogP contribution in [0.25, 0.3) is 6.08 Å². The maximum absolute atomic E-state index is 11.7. The minimum absolute atomic E-state index is 0.0356. The number of halogens is 1. The summed E-state index contributed by atoms with van der Waals surface area (Å²) in [5.41, 5.74) is 0.776. The lowest BCUT2D eigenvalue weighted by molar-refractivity contribution is 0.105. The number of phenols is 1. The van der Waals surface area contributed by atoms with Crippen molar-refractivity contribution in [2.45, 2.75) is 0 Å². The van der Waals surface area contributed by atoms with E-state index < -0.39 is 0 Å². The average molecular weight is 265 g/mol. The van der Waals surface area contributed by atoms with Crippen molar-refractivity contribution in [1.29, 1.82) is 0 Å². The maximum Gasteiger partial charge on any atom is 0.195 e. The van der Waals surface area contributed by atoms with Crippen LogP contribution < -0.4 is 0 Å². The van der Waals surface area contributed by atoms with E-state index in [0.29, 0.717) is 4.88 Å². The Kier molecular flexibility index (Phi) is 3.61. The second-order valence-electron chi connectivity index (χ2n) is 3.39. The van der Waals surface area contributed by atoms with Crippen molar-refractivity contribution in [3.05, 3.63) is 57.3 Å². The molecule has 17 heavy (non-hydrogen) atoms. The van der Waals surface area contributed by atoms with E-state index in [2.05, 4.69) is 0 Å². The van der Waals surface area contributed by atoms with Gasteiger partial charge in [0, 0.05) is 0 Å². The fraction of sp³-hybridized carbons (Fsp3) is 0. The van der Waals surface area contributed by atoms with E-state index in [4.69, 9.17) is 11.6 Å². The smallest absolute Gasteiger partial charge is 0.195 e. The number of ketones is 1. The summed E-state index contributed by atoms with van der Waals surface area (Å²) in [5.74, 6) is -0.00222. The number of aromatic hydroxyl groups is 1. The third-order valence-electron chi connectivity index (χ3n) is 2.16. The number of rotatable bonds is 3. The zero-order valence-corrected chi connectivity index (χ0v) is 10.3. The molecule has 2 aromatic rings. The van der Waals surface area contributed by atoms with Crippen LogP contribution in [0.3, 0.4) is 0 Å². The summed E-state index contributed by atoms with van der Waals surface area (Å²) in [6.45, 7) is 0. The molecule has 0 amide bonds. The minimum atomic E-state index is -0.0378. The van der Waals surface area contributed by atoms with Gasteiger partial charge in [0.1, 0.15) is 5.75 Å². The maximum atomic E-state index is 11.7. The van der Waals surface area contributed by atoms with Crippen LogP contribution in [0.4, 0.5) is 0 Å². The Bertz CT molecular complexity index is 559. The highest BCUT2D eigenvalue weighted by Crippen LogP contribution is 2.24. The van der Waals surface area contributed by atoms with E-state index in [0.717, 1.165) is 5.56 Å². The molecule has 0 spiro atoms. The van der Waals surface area contributed by atoms with Gasteiger partial charge in [-0.15, -0.1) is 11.3 Å². The molecule has 0 aliphatic heterocycles. The Hall–Kier alpha value is -1.58. The zero-order chi connectivity index (χ0) is 12.3. The van der Waals surface area contributed by atoms with Crippen molar-refractivity contribution >= 4 is 34.8 Å². The molecule has 2 rings (SSSR count). The lowest BCUT2D eigenvalue weighted by Gasteiger charge is -1.97. The van der Waals surface area contributed by atoms with Gasteiger partial charge in [-0.25, -0.2) is 0 Å². The minimum Gasteiger partial charge on any atom is -0.506 e. The first-order valence-electron chi connectivity index (χ1n) is 4.91. The Morgan fingerprint density at radius 2 is 2.18 bits per heavy atom. The molecule has 1 aromatic carbocycles. The standard InChI is InChI=1S/C13H9ClO2S/c14-10-8-9(3-5-11(10)15)4-6-12(16)13-2-1-7-17-13/h1-8,15H/b6-4+. The largest absolute Gasteiger partial charge is 0.506 e. The molecule has 1 aromatic heterocycles. The topological polar surface area (TPSA) is 37.3 Å². The Labute approximate surface area is 108 Å². The normalized spacial score (nSPS) is 10.9. The van der Waals surface area contributed by atoms with Gasteiger partial charge in [-0.2, -0.15) is 0 Å². The molecule has 2 nitrogen and oxygen atoms in total. The van der Waals surface area contributed by atoms with E-state index >= 15 is 0 Å². The molecule has 0 radical (unpaired) electrons. The van der Waals surface area contributed by atoms with Crippen LogP contribution in [-0.4, -0.2) is 10.9 Å². The van der Waals surface area contributed by atoms with E-state index in [-0.39, 0.29) is 16.6 Å².